The summed E-state index contributed by atoms with van der Waals surface area (Å²) in [6.07, 6.45) is 4.22. The lowest BCUT2D eigenvalue weighted by atomic mass is 10.1. The lowest BCUT2D eigenvalue weighted by Gasteiger charge is -2.39. The van der Waals surface area contributed by atoms with Crippen molar-refractivity contribution in [2.24, 2.45) is 10.9 Å². The molecule has 1 amide bonds. The molecule has 1 aromatic rings. The van der Waals surface area contributed by atoms with E-state index in [1.54, 1.807) is 13.8 Å². The maximum Gasteiger partial charge on any atom is 0.227 e. The van der Waals surface area contributed by atoms with E-state index in [4.69, 9.17) is 4.99 Å². The number of carbonyl (C=O) groups is 1. The van der Waals surface area contributed by atoms with E-state index in [9.17, 15) is 13.2 Å². The van der Waals surface area contributed by atoms with E-state index in [0.29, 0.717) is 26.2 Å². The van der Waals surface area contributed by atoms with Crippen LogP contribution in [0, 0.1) is 5.92 Å². The molecule has 9 heteroatoms. The Morgan fingerprint density at radius 2 is 1.97 bits per heavy atom. The zero-order chi connectivity index (χ0) is 21.8. The van der Waals surface area contributed by atoms with Crippen LogP contribution in [0.4, 0.5) is 5.69 Å². The van der Waals surface area contributed by atoms with Crippen LogP contribution < -0.4 is 10.6 Å². The first-order valence-electron chi connectivity index (χ1n) is 10.9. The Morgan fingerprint density at radius 3 is 2.61 bits per heavy atom. The van der Waals surface area contributed by atoms with Gasteiger partial charge in [0.25, 0.3) is 0 Å². The van der Waals surface area contributed by atoms with Crippen LogP contribution in [0.15, 0.2) is 29.3 Å². The van der Waals surface area contributed by atoms with Crippen molar-refractivity contribution in [1.82, 2.24) is 10.2 Å². The van der Waals surface area contributed by atoms with E-state index < -0.39 is 14.6 Å². The number of anilines is 1. The summed E-state index contributed by atoms with van der Waals surface area (Å²) in [4.78, 5) is 19.2. The number of carbonyl (C=O) groups excluding carboxylic acids is 1. The Balaban J connectivity index is 0.00000341. The van der Waals surface area contributed by atoms with Crippen molar-refractivity contribution < 1.29 is 13.2 Å². The first kappa shape index (κ1) is 25.9. The summed E-state index contributed by atoms with van der Waals surface area (Å²) in [5.41, 5.74) is 1.80. The largest absolute Gasteiger partial charge is 0.357 e. The molecule has 1 aliphatic carbocycles. The van der Waals surface area contributed by atoms with Gasteiger partial charge in [-0.1, -0.05) is 25.0 Å². The number of sulfone groups is 1. The highest BCUT2D eigenvalue weighted by molar-refractivity contribution is 14.0. The number of amides is 1. The van der Waals surface area contributed by atoms with E-state index in [1.165, 1.54) is 0 Å². The molecule has 1 saturated carbocycles. The summed E-state index contributed by atoms with van der Waals surface area (Å²) in [6.45, 7) is 7.57. The second-order valence-corrected chi connectivity index (χ2v) is 11.6. The number of rotatable bonds is 5. The molecule has 0 radical (unpaired) electrons. The predicted molar refractivity (Wildman–Crippen MR) is 137 cm³/mol. The number of hydrogen-bond donors (Lipinski definition) is 2. The van der Waals surface area contributed by atoms with Crippen molar-refractivity contribution >= 4 is 51.4 Å². The van der Waals surface area contributed by atoms with Crippen LogP contribution in [-0.2, 0) is 21.2 Å². The third-order valence-electron chi connectivity index (χ3n) is 6.01. The Hall–Kier alpha value is -1.36. The molecule has 1 aromatic carbocycles. The topological polar surface area (TPSA) is 90.9 Å². The third-order valence-corrected chi connectivity index (χ3v) is 8.54. The fourth-order valence-electron chi connectivity index (χ4n) is 4.10. The van der Waals surface area contributed by atoms with Crippen molar-refractivity contribution in [3.05, 3.63) is 29.8 Å². The molecule has 1 saturated heterocycles. The van der Waals surface area contributed by atoms with Crippen LogP contribution in [0.2, 0.25) is 0 Å². The molecule has 3 rings (SSSR count). The molecule has 7 nitrogen and oxygen atoms in total. The molecule has 1 heterocycles. The number of nitrogens with zero attached hydrogens (tertiary/aromatic N) is 2. The normalized spacial score (nSPS) is 20.7. The molecule has 31 heavy (non-hydrogen) atoms. The van der Waals surface area contributed by atoms with Crippen molar-refractivity contribution in [2.75, 3.05) is 30.7 Å². The van der Waals surface area contributed by atoms with Gasteiger partial charge in [-0.2, -0.15) is 0 Å². The molecular weight excluding hydrogens is 527 g/mol. The van der Waals surface area contributed by atoms with Gasteiger partial charge in [0.05, 0.1) is 17.0 Å². The van der Waals surface area contributed by atoms with E-state index in [-0.39, 0.29) is 41.6 Å². The summed E-state index contributed by atoms with van der Waals surface area (Å²) >= 11 is 0. The first-order valence-corrected chi connectivity index (χ1v) is 12.5. The maximum atomic E-state index is 12.4. The van der Waals surface area contributed by atoms with E-state index >= 15 is 0 Å². The van der Waals surface area contributed by atoms with Gasteiger partial charge in [0, 0.05) is 31.2 Å². The van der Waals surface area contributed by atoms with Crippen LogP contribution >= 0.6 is 24.0 Å². The highest BCUT2D eigenvalue weighted by atomic mass is 127. The number of hydrogen-bond acceptors (Lipinski definition) is 4. The van der Waals surface area contributed by atoms with Crippen LogP contribution in [0.25, 0.3) is 0 Å². The maximum absolute atomic E-state index is 12.4. The molecule has 2 fully saturated rings. The fraction of sp³-hybridized carbons (Fsp3) is 0.636. The molecule has 0 bridgehead atoms. The Morgan fingerprint density at radius 1 is 1.26 bits per heavy atom. The molecule has 0 spiro atoms. The molecule has 174 valence electrons. The number of nitrogens with one attached hydrogen (secondary N) is 2. The monoisotopic (exact) mass is 562 g/mol. The summed E-state index contributed by atoms with van der Waals surface area (Å²) in [5, 5.41) is 6.32. The van der Waals surface area contributed by atoms with Gasteiger partial charge in [-0.05, 0) is 51.3 Å². The van der Waals surface area contributed by atoms with Gasteiger partial charge in [-0.3, -0.25) is 4.79 Å². The summed E-state index contributed by atoms with van der Waals surface area (Å²) < 4.78 is 23.8. The Bertz CT molecular complexity index is 896. The molecule has 0 aromatic heterocycles. The lowest BCUT2D eigenvalue weighted by molar-refractivity contribution is -0.119. The van der Waals surface area contributed by atoms with E-state index in [1.807, 2.05) is 36.1 Å². The Kier molecular flexibility index (Phi) is 9.17. The smallest absolute Gasteiger partial charge is 0.227 e. The molecular formula is C22H35IN4O3S. The molecule has 1 aliphatic heterocycles. The van der Waals surface area contributed by atoms with Crippen molar-refractivity contribution in [2.45, 2.75) is 57.7 Å². The minimum absolute atomic E-state index is 0. The predicted octanol–water partition coefficient (Wildman–Crippen LogP) is 3.41. The second kappa shape index (κ2) is 11.0. The fourth-order valence-corrected chi connectivity index (χ4v) is 5.46. The lowest BCUT2D eigenvalue weighted by Crippen LogP contribution is -2.57. The average Bonchev–Trinajstić information content (AvgIpc) is 3.23. The Labute approximate surface area is 203 Å². The van der Waals surface area contributed by atoms with E-state index in [2.05, 4.69) is 10.6 Å². The standard InChI is InChI=1S/C22H34N4O3S.HI/c1-4-23-21(26-12-13-30(28,29)22(2,3)16-26)24-15-17-8-7-11-19(14-17)25-20(27)18-9-5-6-10-18;/h7-8,11,14,18H,4-6,9-10,12-13,15-16H2,1-3H3,(H,23,24)(H,25,27);1H. The quantitative estimate of drug-likeness (QED) is 0.326. The van der Waals surface area contributed by atoms with Gasteiger partial charge in [-0.15, -0.1) is 24.0 Å². The van der Waals surface area contributed by atoms with Gasteiger partial charge in [-0.25, -0.2) is 13.4 Å². The van der Waals surface area contributed by atoms with Crippen LogP contribution in [0.5, 0.6) is 0 Å². The molecule has 0 atom stereocenters. The highest BCUT2D eigenvalue weighted by Gasteiger charge is 2.40. The minimum atomic E-state index is -3.10. The van der Waals surface area contributed by atoms with Gasteiger partial charge in [0.1, 0.15) is 0 Å². The van der Waals surface area contributed by atoms with Gasteiger partial charge in [0.15, 0.2) is 15.8 Å². The SMILES string of the molecule is CCNC(=NCc1cccc(NC(=O)C2CCCC2)c1)N1CCS(=O)(=O)C(C)(C)C1.I. The van der Waals surface area contributed by atoms with Crippen LogP contribution in [0.3, 0.4) is 0 Å². The molecule has 0 unspecified atom stereocenters. The summed E-state index contributed by atoms with van der Waals surface area (Å²) in [7, 11) is -3.10. The van der Waals surface area contributed by atoms with Crippen molar-refractivity contribution in [3.63, 3.8) is 0 Å². The number of halogens is 1. The third kappa shape index (κ3) is 6.57. The van der Waals surface area contributed by atoms with Crippen molar-refractivity contribution in [3.8, 4) is 0 Å². The van der Waals surface area contributed by atoms with Gasteiger partial charge >= 0.3 is 0 Å². The average molecular weight is 563 g/mol. The minimum Gasteiger partial charge on any atom is -0.357 e. The zero-order valence-corrected chi connectivity index (χ0v) is 21.8. The van der Waals surface area contributed by atoms with E-state index in [0.717, 1.165) is 42.9 Å². The highest BCUT2D eigenvalue weighted by Crippen LogP contribution is 2.26. The van der Waals surface area contributed by atoms with Gasteiger partial charge in [0.2, 0.25) is 5.91 Å². The molecule has 2 aliphatic rings. The van der Waals surface area contributed by atoms with Crippen LogP contribution in [0.1, 0.15) is 52.0 Å². The molecule has 2 N–H and O–H groups in total. The summed E-state index contributed by atoms with van der Waals surface area (Å²) in [5.74, 6) is 1.09. The summed E-state index contributed by atoms with van der Waals surface area (Å²) in [6, 6.07) is 7.79. The van der Waals surface area contributed by atoms with Gasteiger partial charge < -0.3 is 15.5 Å². The zero-order valence-electron chi connectivity index (χ0n) is 18.7. The number of aliphatic imine (C=N–C) groups is 1. The van der Waals surface area contributed by atoms with Crippen LogP contribution in [-0.4, -0.2) is 55.3 Å². The number of guanidine groups is 1. The number of benzene rings is 1. The van der Waals surface area contributed by atoms with Crippen molar-refractivity contribution in [1.29, 1.82) is 0 Å². The second-order valence-electron chi connectivity index (χ2n) is 8.84. The first-order chi connectivity index (χ1) is 14.2.